The van der Waals surface area contributed by atoms with Crippen LogP contribution in [-0.4, -0.2) is 28.8 Å². The van der Waals surface area contributed by atoms with Crippen LogP contribution in [-0.2, 0) is 15.3 Å². The van der Waals surface area contributed by atoms with Crippen LogP contribution in [0.5, 0.6) is 0 Å². The zero-order valence-electron chi connectivity index (χ0n) is 12.7. The summed E-state index contributed by atoms with van der Waals surface area (Å²) in [5, 5.41) is 11.4. The summed E-state index contributed by atoms with van der Waals surface area (Å²) in [5.41, 5.74) is 1.18. The molecule has 1 amide bonds. The highest BCUT2D eigenvalue weighted by atomic mass is 32.2. The van der Waals surface area contributed by atoms with E-state index in [1.165, 1.54) is 5.56 Å². The number of carbonyl (C=O) groups excluding carboxylic acids is 1. The van der Waals surface area contributed by atoms with E-state index in [2.05, 4.69) is 5.32 Å². The van der Waals surface area contributed by atoms with Gasteiger partial charge in [0.1, 0.15) is 0 Å². The quantitative estimate of drug-likeness (QED) is 0.775. The Balaban J connectivity index is 2.52. The van der Waals surface area contributed by atoms with E-state index in [-0.39, 0.29) is 23.6 Å². The van der Waals surface area contributed by atoms with Crippen molar-refractivity contribution in [3.63, 3.8) is 0 Å². The van der Waals surface area contributed by atoms with Gasteiger partial charge in [-0.15, -0.1) is 11.8 Å². The number of carbonyl (C=O) groups is 2. The molecule has 5 heteroatoms. The molecule has 116 valence electrons. The van der Waals surface area contributed by atoms with Crippen LogP contribution in [0.2, 0.25) is 0 Å². The van der Waals surface area contributed by atoms with Gasteiger partial charge in [0.15, 0.2) is 0 Å². The SMILES string of the molecule is CC(CNC(=O)C(SCc1ccccc1)C(C)C)C(=O)O. The van der Waals surface area contributed by atoms with Gasteiger partial charge in [0.2, 0.25) is 5.91 Å². The minimum absolute atomic E-state index is 0.0842. The van der Waals surface area contributed by atoms with Crippen molar-refractivity contribution in [2.24, 2.45) is 11.8 Å². The summed E-state index contributed by atoms with van der Waals surface area (Å²) in [5.74, 6) is -0.585. The number of amides is 1. The zero-order valence-corrected chi connectivity index (χ0v) is 13.5. The fourth-order valence-electron chi connectivity index (χ4n) is 1.77. The van der Waals surface area contributed by atoms with Crippen LogP contribution in [0.1, 0.15) is 26.3 Å². The molecule has 21 heavy (non-hydrogen) atoms. The van der Waals surface area contributed by atoms with Crippen LogP contribution < -0.4 is 5.32 Å². The molecule has 0 spiro atoms. The molecule has 0 saturated carbocycles. The molecule has 1 aromatic rings. The van der Waals surface area contributed by atoms with Gasteiger partial charge in [0, 0.05) is 12.3 Å². The Labute approximate surface area is 130 Å². The second-order valence-electron chi connectivity index (χ2n) is 5.45. The molecule has 0 aliphatic heterocycles. The first-order valence-electron chi connectivity index (χ1n) is 7.08. The summed E-state index contributed by atoms with van der Waals surface area (Å²) in [7, 11) is 0. The highest BCUT2D eigenvalue weighted by Crippen LogP contribution is 2.24. The van der Waals surface area contributed by atoms with Crippen LogP contribution in [0.4, 0.5) is 0 Å². The lowest BCUT2D eigenvalue weighted by Crippen LogP contribution is -2.39. The third-order valence-corrected chi connectivity index (χ3v) is 4.76. The molecule has 0 aliphatic carbocycles. The zero-order chi connectivity index (χ0) is 15.8. The van der Waals surface area contributed by atoms with Gasteiger partial charge in [0.05, 0.1) is 11.2 Å². The molecule has 0 aliphatic rings. The summed E-state index contributed by atoms with van der Waals surface area (Å²) in [4.78, 5) is 23.0. The fourth-order valence-corrected chi connectivity index (χ4v) is 2.96. The maximum Gasteiger partial charge on any atom is 0.308 e. The van der Waals surface area contributed by atoms with Crippen molar-refractivity contribution in [2.45, 2.75) is 31.8 Å². The van der Waals surface area contributed by atoms with Gasteiger partial charge in [-0.3, -0.25) is 9.59 Å². The molecule has 0 fully saturated rings. The highest BCUT2D eigenvalue weighted by Gasteiger charge is 2.23. The number of aliphatic carboxylic acids is 1. The lowest BCUT2D eigenvalue weighted by Gasteiger charge is -2.20. The standard InChI is InChI=1S/C16H23NO3S/c1-11(2)14(15(18)17-9-12(3)16(19)20)21-10-13-7-5-4-6-8-13/h4-8,11-12,14H,9-10H2,1-3H3,(H,17,18)(H,19,20). The van der Waals surface area contributed by atoms with Gasteiger partial charge >= 0.3 is 5.97 Å². The smallest absolute Gasteiger partial charge is 0.308 e. The molecule has 0 bridgehead atoms. The predicted molar refractivity (Wildman–Crippen MR) is 86.2 cm³/mol. The number of benzene rings is 1. The molecule has 1 aromatic carbocycles. The summed E-state index contributed by atoms with van der Waals surface area (Å²) in [6.07, 6.45) is 0. The Morgan fingerprint density at radius 2 is 1.81 bits per heavy atom. The number of nitrogens with one attached hydrogen (secondary N) is 1. The minimum atomic E-state index is -0.895. The van der Waals surface area contributed by atoms with E-state index in [1.807, 2.05) is 44.2 Å². The number of carboxylic acids is 1. The Morgan fingerprint density at radius 3 is 2.33 bits per heavy atom. The Morgan fingerprint density at radius 1 is 1.19 bits per heavy atom. The van der Waals surface area contributed by atoms with Crippen LogP contribution in [0.25, 0.3) is 0 Å². The third kappa shape index (κ3) is 6.21. The van der Waals surface area contributed by atoms with Gasteiger partial charge in [-0.25, -0.2) is 0 Å². The molecule has 2 unspecified atom stereocenters. The normalized spacial score (nSPS) is 13.7. The molecular weight excluding hydrogens is 286 g/mol. The summed E-state index contributed by atoms with van der Waals surface area (Å²) < 4.78 is 0. The largest absolute Gasteiger partial charge is 0.481 e. The third-order valence-electron chi connectivity index (χ3n) is 3.14. The van der Waals surface area contributed by atoms with Crippen molar-refractivity contribution in [3.05, 3.63) is 35.9 Å². The van der Waals surface area contributed by atoms with Gasteiger partial charge in [-0.2, -0.15) is 0 Å². The Kier molecular flexibility index (Phi) is 7.29. The van der Waals surface area contributed by atoms with E-state index in [0.717, 1.165) is 5.75 Å². The first-order chi connectivity index (χ1) is 9.91. The molecule has 0 radical (unpaired) electrons. The molecule has 0 aromatic heterocycles. The monoisotopic (exact) mass is 309 g/mol. The van der Waals surface area contributed by atoms with Crippen molar-refractivity contribution >= 4 is 23.6 Å². The maximum absolute atomic E-state index is 12.2. The fraction of sp³-hybridized carbons (Fsp3) is 0.500. The van der Waals surface area contributed by atoms with E-state index < -0.39 is 11.9 Å². The molecule has 2 atom stereocenters. The van der Waals surface area contributed by atoms with Crippen molar-refractivity contribution in [1.82, 2.24) is 5.32 Å². The predicted octanol–water partition coefficient (Wildman–Crippen LogP) is 2.78. The molecule has 0 heterocycles. The summed E-state index contributed by atoms with van der Waals surface area (Å²) in [6.45, 7) is 5.76. The van der Waals surface area contributed by atoms with E-state index in [4.69, 9.17) is 5.11 Å². The number of thioether (sulfide) groups is 1. The summed E-state index contributed by atoms with van der Waals surface area (Å²) in [6, 6.07) is 10.0. The van der Waals surface area contributed by atoms with Crippen LogP contribution in [0, 0.1) is 11.8 Å². The maximum atomic E-state index is 12.2. The highest BCUT2D eigenvalue weighted by molar-refractivity contribution is 7.99. The van der Waals surface area contributed by atoms with Crippen molar-refractivity contribution in [3.8, 4) is 0 Å². The molecule has 1 rings (SSSR count). The van der Waals surface area contributed by atoms with Crippen LogP contribution in [0.15, 0.2) is 30.3 Å². The topological polar surface area (TPSA) is 66.4 Å². The lowest BCUT2D eigenvalue weighted by molar-refractivity contribution is -0.141. The van der Waals surface area contributed by atoms with E-state index in [1.54, 1.807) is 18.7 Å². The molecule has 4 nitrogen and oxygen atoms in total. The van der Waals surface area contributed by atoms with Crippen molar-refractivity contribution < 1.29 is 14.7 Å². The number of carboxylic acid groups (broad SMARTS) is 1. The van der Waals surface area contributed by atoms with Crippen molar-refractivity contribution in [2.75, 3.05) is 6.54 Å². The van der Waals surface area contributed by atoms with E-state index >= 15 is 0 Å². The second kappa shape index (κ2) is 8.72. The number of rotatable bonds is 8. The Hall–Kier alpha value is -1.49. The van der Waals surface area contributed by atoms with Gasteiger partial charge in [-0.1, -0.05) is 51.1 Å². The Bertz CT molecular complexity index is 462. The van der Waals surface area contributed by atoms with Crippen molar-refractivity contribution in [1.29, 1.82) is 0 Å². The second-order valence-corrected chi connectivity index (χ2v) is 6.58. The van der Waals surface area contributed by atoms with Crippen LogP contribution >= 0.6 is 11.8 Å². The first kappa shape index (κ1) is 17.6. The minimum Gasteiger partial charge on any atom is -0.481 e. The van der Waals surface area contributed by atoms with E-state index in [0.29, 0.717) is 0 Å². The van der Waals surface area contributed by atoms with Gasteiger partial charge < -0.3 is 10.4 Å². The van der Waals surface area contributed by atoms with Crippen LogP contribution in [0.3, 0.4) is 0 Å². The number of hydrogen-bond donors (Lipinski definition) is 2. The number of hydrogen-bond acceptors (Lipinski definition) is 3. The first-order valence-corrected chi connectivity index (χ1v) is 8.12. The lowest BCUT2D eigenvalue weighted by atomic mass is 10.1. The molecular formula is C16H23NO3S. The average Bonchev–Trinajstić information content (AvgIpc) is 2.45. The van der Waals surface area contributed by atoms with Gasteiger partial charge in [0.25, 0.3) is 0 Å². The van der Waals surface area contributed by atoms with E-state index in [9.17, 15) is 9.59 Å². The molecule has 0 saturated heterocycles. The summed E-state index contributed by atoms with van der Waals surface area (Å²) >= 11 is 1.59. The average molecular weight is 309 g/mol. The molecule has 2 N–H and O–H groups in total. The van der Waals surface area contributed by atoms with Gasteiger partial charge in [-0.05, 0) is 11.5 Å².